The number of benzene rings is 3. The fraction of sp³-hybridized carbons (Fsp3) is 0.355. The monoisotopic (exact) mass is 583 g/mol. The molecule has 0 spiro atoms. The summed E-state index contributed by atoms with van der Waals surface area (Å²) in [5.41, 5.74) is 1.21. The van der Waals surface area contributed by atoms with E-state index in [-0.39, 0.29) is 29.1 Å². The largest absolute Gasteiger partial charge is 0.494 e. The highest BCUT2D eigenvalue weighted by Crippen LogP contribution is 2.27. The van der Waals surface area contributed by atoms with Crippen LogP contribution < -0.4 is 14.4 Å². The minimum Gasteiger partial charge on any atom is -0.494 e. The van der Waals surface area contributed by atoms with E-state index in [9.17, 15) is 22.4 Å². The zero-order chi connectivity index (χ0) is 30.0. The number of amides is 2. The smallest absolute Gasteiger partial charge is 0.264 e. The van der Waals surface area contributed by atoms with Crippen LogP contribution in [0.2, 0.25) is 0 Å². The molecule has 0 aliphatic carbocycles. The van der Waals surface area contributed by atoms with E-state index < -0.39 is 34.3 Å². The van der Waals surface area contributed by atoms with Gasteiger partial charge in [-0.05, 0) is 87.7 Å². The van der Waals surface area contributed by atoms with Crippen LogP contribution in [0.25, 0.3) is 0 Å². The molecule has 0 aliphatic rings. The molecule has 2 amide bonds. The average molecular weight is 584 g/mol. The number of halogens is 1. The van der Waals surface area contributed by atoms with Gasteiger partial charge >= 0.3 is 0 Å². The lowest BCUT2D eigenvalue weighted by Crippen LogP contribution is -2.54. The van der Waals surface area contributed by atoms with E-state index in [0.717, 1.165) is 34.1 Å². The first-order valence-corrected chi connectivity index (χ1v) is 15.2. The van der Waals surface area contributed by atoms with Crippen molar-refractivity contribution >= 4 is 27.5 Å². The third-order valence-corrected chi connectivity index (χ3v) is 8.21. The lowest BCUT2D eigenvalue weighted by molar-refractivity contribution is -0.139. The molecule has 10 heteroatoms. The first-order chi connectivity index (χ1) is 19.6. The third kappa shape index (κ3) is 8.53. The van der Waals surface area contributed by atoms with Crippen LogP contribution in [-0.4, -0.2) is 56.9 Å². The molecule has 8 nitrogen and oxygen atoms in total. The summed E-state index contributed by atoms with van der Waals surface area (Å²) in [7, 11) is -4.29. The highest BCUT2D eigenvalue weighted by atomic mass is 32.2. The van der Waals surface area contributed by atoms with Gasteiger partial charge in [-0.25, -0.2) is 12.8 Å². The molecule has 220 valence electrons. The van der Waals surface area contributed by atoms with Gasteiger partial charge < -0.3 is 15.0 Å². The Morgan fingerprint density at radius 1 is 0.927 bits per heavy atom. The molecule has 0 radical (unpaired) electrons. The van der Waals surface area contributed by atoms with Gasteiger partial charge in [0.25, 0.3) is 10.0 Å². The summed E-state index contributed by atoms with van der Waals surface area (Å²) < 4.78 is 47.8. The number of hydrogen-bond donors (Lipinski definition) is 1. The summed E-state index contributed by atoms with van der Waals surface area (Å²) in [4.78, 5) is 28.4. The quantitative estimate of drug-likeness (QED) is 0.294. The summed E-state index contributed by atoms with van der Waals surface area (Å²) in [6.07, 6.45) is 0.818. The molecule has 0 aliphatic heterocycles. The Morgan fingerprint density at radius 3 is 2.12 bits per heavy atom. The minimum atomic E-state index is -4.29. The van der Waals surface area contributed by atoms with Crippen LogP contribution in [0.4, 0.5) is 10.1 Å². The van der Waals surface area contributed by atoms with Crippen LogP contribution in [0.3, 0.4) is 0 Å². The Kier molecular flexibility index (Phi) is 11.3. The van der Waals surface area contributed by atoms with Crippen molar-refractivity contribution < 1.29 is 27.1 Å². The van der Waals surface area contributed by atoms with Crippen molar-refractivity contribution in [3.8, 4) is 5.75 Å². The molecular formula is C31H38FN3O5S. The number of carbonyl (C=O) groups is 2. The zero-order valence-corrected chi connectivity index (χ0v) is 24.7. The first kappa shape index (κ1) is 31.6. The van der Waals surface area contributed by atoms with Gasteiger partial charge in [-0.15, -0.1) is 0 Å². The van der Waals surface area contributed by atoms with Crippen LogP contribution in [0.5, 0.6) is 5.75 Å². The van der Waals surface area contributed by atoms with E-state index in [4.69, 9.17) is 4.74 Å². The number of sulfonamides is 1. The van der Waals surface area contributed by atoms with Gasteiger partial charge in [0.15, 0.2) is 0 Å². The highest BCUT2D eigenvalue weighted by Gasteiger charge is 2.33. The molecule has 41 heavy (non-hydrogen) atoms. The maximum absolute atomic E-state index is 14.0. The first-order valence-electron chi connectivity index (χ1n) is 13.7. The van der Waals surface area contributed by atoms with E-state index in [1.807, 2.05) is 58.0 Å². The Hall–Kier alpha value is -3.92. The number of rotatable bonds is 14. The maximum atomic E-state index is 14.0. The van der Waals surface area contributed by atoms with Crippen LogP contribution in [0.15, 0.2) is 83.8 Å². The highest BCUT2D eigenvalue weighted by molar-refractivity contribution is 7.92. The van der Waals surface area contributed by atoms with Crippen molar-refractivity contribution in [3.63, 3.8) is 0 Å². The van der Waals surface area contributed by atoms with Gasteiger partial charge in [0.1, 0.15) is 24.2 Å². The third-order valence-electron chi connectivity index (χ3n) is 6.42. The standard InChI is InChI=1S/C31H38FN3O5S/c1-5-29(31(37)33-23(3)4)34(21-20-24-10-8-7-9-11-24)30(36)22-35(26-14-16-27(17-15-26)40-6-2)41(38,39)28-18-12-25(32)13-19-28/h7-19,23,29H,5-6,20-22H2,1-4H3,(H,33,37)/t29-/m1/s1. The molecule has 0 unspecified atom stereocenters. The fourth-order valence-electron chi connectivity index (χ4n) is 4.41. The van der Waals surface area contributed by atoms with E-state index >= 15 is 0 Å². The van der Waals surface area contributed by atoms with E-state index in [0.29, 0.717) is 25.2 Å². The topological polar surface area (TPSA) is 96.0 Å². The van der Waals surface area contributed by atoms with Gasteiger partial charge in [0.2, 0.25) is 11.8 Å². The molecule has 3 rings (SSSR count). The molecule has 3 aromatic rings. The van der Waals surface area contributed by atoms with Crippen LogP contribution in [0, 0.1) is 5.82 Å². The Bertz CT molecular complexity index is 1380. The van der Waals surface area contributed by atoms with Crippen molar-refractivity contribution in [2.45, 2.75) is 57.5 Å². The van der Waals surface area contributed by atoms with Crippen LogP contribution >= 0.6 is 0 Å². The van der Waals surface area contributed by atoms with E-state index in [1.54, 1.807) is 24.3 Å². The number of nitrogens with one attached hydrogen (secondary N) is 1. The number of carbonyl (C=O) groups excluding carboxylic acids is 2. The predicted molar refractivity (Wildman–Crippen MR) is 158 cm³/mol. The van der Waals surface area contributed by atoms with Gasteiger partial charge in [-0.2, -0.15) is 0 Å². The van der Waals surface area contributed by atoms with Gasteiger partial charge in [0.05, 0.1) is 17.2 Å². The molecule has 1 atom stereocenters. The summed E-state index contributed by atoms with van der Waals surface area (Å²) >= 11 is 0. The fourth-order valence-corrected chi connectivity index (χ4v) is 5.83. The molecule has 0 bridgehead atoms. The number of hydrogen-bond acceptors (Lipinski definition) is 5. The van der Waals surface area contributed by atoms with Crippen molar-refractivity contribution in [1.82, 2.24) is 10.2 Å². The lowest BCUT2D eigenvalue weighted by Gasteiger charge is -2.33. The van der Waals surface area contributed by atoms with Crippen molar-refractivity contribution in [1.29, 1.82) is 0 Å². The second-order valence-electron chi connectivity index (χ2n) is 9.80. The number of anilines is 1. The summed E-state index contributed by atoms with van der Waals surface area (Å²) in [6.45, 7) is 7.40. The Balaban J connectivity index is 2.01. The molecule has 3 aromatic carbocycles. The number of ether oxygens (including phenoxy) is 1. The van der Waals surface area contributed by atoms with Gasteiger partial charge in [-0.3, -0.25) is 13.9 Å². The molecule has 0 saturated heterocycles. The van der Waals surface area contributed by atoms with Crippen LogP contribution in [-0.2, 0) is 26.0 Å². The second kappa shape index (κ2) is 14.6. The average Bonchev–Trinajstić information content (AvgIpc) is 2.94. The van der Waals surface area contributed by atoms with Crippen molar-refractivity contribution in [2.75, 3.05) is 24.0 Å². The van der Waals surface area contributed by atoms with Gasteiger partial charge in [-0.1, -0.05) is 37.3 Å². The van der Waals surface area contributed by atoms with E-state index in [1.165, 1.54) is 4.90 Å². The molecule has 1 N–H and O–H groups in total. The summed E-state index contributed by atoms with van der Waals surface area (Å²) in [5, 5.41) is 2.88. The Morgan fingerprint density at radius 2 is 1.56 bits per heavy atom. The molecule has 0 heterocycles. The van der Waals surface area contributed by atoms with Crippen LogP contribution in [0.1, 0.15) is 39.7 Å². The molecule has 0 fully saturated rings. The second-order valence-corrected chi connectivity index (χ2v) is 11.7. The normalized spacial score (nSPS) is 12.0. The summed E-state index contributed by atoms with van der Waals surface area (Å²) in [5.74, 6) is -0.881. The molecular weight excluding hydrogens is 545 g/mol. The number of nitrogens with zero attached hydrogens (tertiary/aromatic N) is 2. The van der Waals surface area contributed by atoms with Gasteiger partial charge in [0, 0.05) is 12.6 Å². The SMILES string of the molecule is CCOc1ccc(N(CC(=O)N(CCc2ccccc2)[C@H](CC)C(=O)NC(C)C)S(=O)(=O)c2ccc(F)cc2)cc1. The minimum absolute atomic E-state index is 0.137. The van der Waals surface area contributed by atoms with Crippen molar-refractivity contribution in [3.05, 3.63) is 90.2 Å². The maximum Gasteiger partial charge on any atom is 0.264 e. The molecule has 0 aromatic heterocycles. The Labute approximate surface area is 242 Å². The predicted octanol–water partition coefficient (Wildman–Crippen LogP) is 4.79. The summed E-state index contributed by atoms with van der Waals surface area (Å²) in [6, 6.07) is 19.4. The van der Waals surface area contributed by atoms with Crippen molar-refractivity contribution in [2.24, 2.45) is 0 Å². The zero-order valence-electron chi connectivity index (χ0n) is 23.9. The molecule has 0 saturated carbocycles. The lowest BCUT2D eigenvalue weighted by atomic mass is 10.1. The van der Waals surface area contributed by atoms with E-state index in [2.05, 4.69) is 5.32 Å².